The van der Waals surface area contributed by atoms with Crippen LogP contribution in [0.1, 0.15) is 57.8 Å². The van der Waals surface area contributed by atoms with Crippen LogP contribution >= 0.6 is 0 Å². The lowest BCUT2D eigenvalue weighted by molar-refractivity contribution is 0.197. The lowest BCUT2D eigenvalue weighted by atomic mass is 9.70. The SMILES string of the molecule is c1ccc2c(c1)N[C@]13CCCC[C@H]1CC1=C(CCCC1)N23. The minimum atomic E-state index is 0.206. The summed E-state index contributed by atoms with van der Waals surface area (Å²) in [4.78, 5) is 2.75. The Labute approximate surface area is 127 Å². The van der Waals surface area contributed by atoms with Gasteiger partial charge in [-0.15, -0.1) is 0 Å². The second-order valence-electron chi connectivity index (χ2n) is 7.31. The van der Waals surface area contributed by atoms with Crippen molar-refractivity contribution in [2.24, 2.45) is 5.92 Å². The average Bonchev–Trinajstić information content (AvgIpc) is 2.87. The fourth-order valence-corrected chi connectivity index (χ4v) is 5.36. The van der Waals surface area contributed by atoms with E-state index in [1.807, 2.05) is 0 Å². The summed E-state index contributed by atoms with van der Waals surface area (Å²) >= 11 is 0. The first-order chi connectivity index (χ1) is 10.4. The summed E-state index contributed by atoms with van der Waals surface area (Å²) in [7, 11) is 0. The largest absolute Gasteiger partial charge is 0.360 e. The van der Waals surface area contributed by atoms with Crippen molar-refractivity contribution in [1.29, 1.82) is 0 Å². The zero-order valence-corrected chi connectivity index (χ0v) is 12.7. The van der Waals surface area contributed by atoms with Crippen LogP contribution in [0.15, 0.2) is 35.5 Å². The van der Waals surface area contributed by atoms with Gasteiger partial charge in [0.1, 0.15) is 5.66 Å². The molecule has 0 amide bonds. The summed E-state index contributed by atoms with van der Waals surface area (Å²) in [6.07, 6.45) is 12.3. The first-order valence-corrected chi connectivity index (χ1v) is 8.77. The zero-order valence-electron chi connectivity index (χ0n) is 12.7. The Morgan fingerprint density at radius 3 is 2.95 bits per heavy atom. The Morgan fingerprint density at radius 2 is 1.95 bits per heavy atom. The third-order valence-corrected chi connectivity index (χ3v) is 6.24. The first-order valence-electron chi connectivity index (χ1n) is 8.77. The number of nitrogens with one attached hydrogen (secondary N) is 1. The van der Waals surface area contributed by atoms with E-state index >= 15 is 0 Å². The summed E-state index contributed by atoms with van der Waals surface area (Å²) in [5.74, 6) is 0.801. The molecule has 21 heavy (non-hydrogen) atoms. The van der Waals surface area contributed by atoms with E-state index in [9.17, 15) is 0 Å². The van der Waals surface area contributed by atoms with Crippen molar-refractivity contribution in [2.75, 3.05) is 10.2 Å². The lowest BCUT2D eigenvalue weighted by Gasteiger charge is -2.54. The molecule has 0 bridgehead atoms. The van der Waals surface area contributed by atoms with Gasteiger partial charge in [-0.3, -0.25) is 0 Å². The summed E-state index contributed by atoms with van der Waals surface area (Å²) in [5.41, 5.74) is 6.47. The Bertz CT molecular complexity index is 618. The van der Waals surface area contributed by atoms with Crippen LogP contribution in [0.4, 0.5) is 11.4 Å². The molecule has 2 heteroatoms. The standard InChI is InChI=1S/C19H24N2/c1-3-10-17-14(7-1)13-15-8-5-6-12-19(15)20-16-9-2-4-11-18(16)21(17)19/h2,4,9,11,15,20H,1,3,5-8,10,12-13H2/t15-,19-/m0/s1. The molecule has 1 N–H and O–H groups in total. The van der Waals surface area contributed by atoms with Gasteiger partial charge in [0, 0.05) is 11.6 Å². The van der Waals surface area contributed by atoms with Crippen LogP contribution in [0, 0.1) is 5.92 Å². The average molecular weight is 280 g/mol. The van der Waals surface area contributed by atoms with Gasteiger partial charge in [0.05, 0.1) is 11.4 Å². The number of hydrogen-bond acceptors (Lipinski definition) is 2. The molecule has 1 spiro atoms. The molecule has 5 rings (SSSR count). The number of nitrogens with zero attached hydrogens (tertiary/aromatic N) is 1. The highest BCUT2D eigenvalue weighted by Gasteiger charge is 2.54. The van der Waals surface area contributed by atoms with E-state index in [4.69, 9.17) is 0 Å². The highest BCUT2D eigenvalue weighted by molar-refractivity contribution is 5.81. The van der Waals surface area contributed by atoms with Crippen LogP contribution in [0.2, 0.25) is 0 Å². The molecule has 2 heterocycles. The second kappa shape index (κ2) is 4.28. The predicted molar refractivity (Wildman–Crippen MR) is 87.3 cm³/mol. The highest BCUT2D eigenvalue weighted by Crippen LogP contribution is 2.57. The fraction of sp³-hybridized carbons (Fsp3) is 0.579. The van der Waals surface area contributed by atoms with Gasteiger partial charge < -0.3 is 10.2 Å². The fourth-order valence-electron chi connectivity index (χ4n) is 5.36. The Morgan fingerprint density at radius 1 is 1.05 bits per heavy atom. The maximum absolute atomic E-state index is 3.98. The number of hydrogen-bond donors (Lipinski definition) is 1. The summed E-state index contributed by atoms with van der Waals surface area (Å²) in [6.45, 7) is 0. The molecule has 110 valence electrons. The van der Waals surface area contributed by atoms with Crippen molar-refractivity contribution in [1.82, 2.24) is 0 Å². The first kappa shape index (κ1) is 12.1. The van der Waals surface area contributed by atoms with E-state index in [1.165, 1.54) is 69.2 Å². The van der Waals surface area contributed by atoms with Gasteiger partial charge in [-0.05, 0) is 63.5 Å². The number of allylic oxidation sites excluding steroid dienone is 2. The topological polar surface area (TPSA) is 15.3 Å². The second-order valence-corrected chi connectivity index (χ2v) is 7.31. The molecule has 2 atom stereocenters. The zero-order chi connectivity index (χ0) is 13.9. The van der Waals surface area contributed by atoms with Gasteiger partial charge in [-0.1, -0.05) is 24.1 Å². The van der Waals surface area contributed by atoms with Crippen molar-refractivity contribution >= 4 is 11.4 Å². The molecule has 0 unspecified atom stereocenters. The van der Waals surface area contributed by atoms with E-state index in [-0.39, 0.29) is 5.66 Å². The van der Waals surface area contributed by atoms with Crippen molar-refractivity contribution in [3.8, 4) is 0 Å². The Kier molecular flexibility index (Phi) is 2.47. The van der Waals surface area contributed by atoms with Crippen molar-refractivity contribution in [3.05, 3.63) is 35.5 Å². The van der Waals surface area contributed by atoms with E-state index in [2.05, 4.69) is 34.5 Å². The lowest BCUT2D eigenvalue weighted by Crippen LogP contribution is -2.60. The van der Waals surface area contributed by atoms with Crippen LogP contribution in [0.25, 0.3) is 0 Å². The van der Waals surface area contributed by atoms with E-state index in [0.717, 1.165) is 5.92 Å². The number of fused-ring (bicyclic) bond motifs is 3. The maximum atomic E-state index is 3.98. The molecule has 1 saturated carbocycles. The van der Waals surface area contributed by atoms with Crippen LogP contribution in [-0.4, -0.2) is 5.66 Å². The number of benzene rings is 1. The molecular formula is C19H24N2. The van der Waals surface area contributed by atoms with Crippen LogP contribution < -0.4 is 10.2 Å². The number of para-hydroxylation sites is 2. The van der Waals surface area contributed by atoms with Gasteiger partial charge >= 0.3 is 0 Å². The molecule has 1 fully saturated rings. The predicted octanol–water partition coefficient (Wildman–Crippen LogP) is 5.04. The summed E-state index contributed by atoms with van der Waals surface area (Å²) in [5, 5.41) is 3.98. The van der Waals surface area contributed by atoms with Gasteiger partial charge in [-0.25, -0.2) is 0 Å². The summed E-state index contributed by atoms with van der Waals surface area (Å²) in [6, 6.07) is 8.98. The van der Waals surface area contributed by atoms with Crippen LogP contribution in [-0.2, 0) is 0 Å². The molecule has 0 radical (unpaired) electrons. The van der Waals surface area contributed by atoms with Crippen LogP contribution in [0.5, 0.6) is 0 Å². The van der Waals surface area contributed by atoms with E-state index in [0.29, 0.717) is 0 Å². The maximum Gasteiger partial charge on any atom is 0.118 e. The molecule has 0 aromatic heterocycles. The quantitative estimate of drug-likeness (QED) is 0.716. The number of rotatable bonds is 0. The van der Waals surface area contributed by atoms with Gasteiger partial charge in [0.2, 0.25) is 0 Å². The molecule has 2 aliphatic carbocycles. The highest BCUT2D eigenvalue weighted by atomic mass is 15.4. The van der Waals surface area contributed by atoms with Crippen molar-refractivity contribution in [2.45, 2.75) is 63.5 Å². The Hall–Kier alpha value is -1.44. The van der Waals surface area contributed by atoms with Crippen LogP contribution in [0.3, 0.4) is 0 Å². The molecule has 2 aliphatic heterocycles. The third-order valence-electron chi connectivity index (χ3n) is 6.24. The number of anilines is 2. The molecule has 4 aliphatic rings. The van der Waals surface area contributed by atoms with E-state index < -0.39 is 0 Å². The third kappa shape index (κ3) is 1.54. The van der Waals surface area contributed by atoms with Crippen molar-refractivity contribution in [3.63, 3.8) is 0 Å². The van der Waals surface area contributed by atoms with Gasteiger partial charge in [-0.2, -0.15) is 0 Å². The minimum absolute atomic E-state index is 0.206. The van der Waals surface area contributed by atoms with Crippen molar-refractivity contribution < 1.29 is 0 Å². The van der Waals surface area contributed by atoms with Gasteiger partial charge in [0.15, 0.2) is 0 Å². The molecular weight excluding hydrogens is 256 g/mol. The monoisotopic (exact) mass is 280 g/mol. The molecule has 1 aromatic carbocycles. The van der Waals surface area contributed by atoms with Gasteiger partial charge in [0.25, 0.3) is 0 Å². The normalized spacial score (nSPS) is 33.7. The molecule has 2 nitrogen and oxygen atoms in total. The smallest absolute Gasteiger partial charge is 0.118 e. The molecule has 0 saturated heterocycles. The summed E-state index contributed by atoms with van der Waals surface area (Å²) < 4.78 is 0. The minimum Gasteiger partial charge on any atom is -0.360 e. The molecule has 1 aromatic rings. The Balaban J connectivity index is 1.72. The van der Waals surface area contributed by atoms with E-state index in [1.54, 1.807) is 11.3 Å².